The highest BCUT2D eigenvalue weighted by molar-refractivity contribution is 6.07. The Labute approximate surface area is 149 Å². The Hall–Kier alpha value is -2.67. The van der Waals surface area contributed by atoms with Gasteiger partial charge in [-0.05, 0) is 42.3 Å². The lowest BCUT2D eigenvalue weighted by atomic mass is 9.73. The van der Waals surface area contributed by atoms with Crippen LogP contribution in [0.25, 0.3) is 0 Å². The van der Waals surface area contributed by atoms with Crippen LogP contribution in [0, 0.1) is 0 Å². The van der Waals surface area contributed by atoms with E-state index in [4.69, 9.17) is 4.74 Å². The molecule has 2 heterocycles. The number of halogens is 2. The van der Waals surface area contributed by atoms with Crippen LogP contribution in [0.1, 0.15) is 23.6 Å². The number of methoxy groups -OCH3 is 1. The lowest BCUT2D eigenvalue weighted by molar-refractivity contribution is -0.121. The zero-order chi connectivity index (χ0) is 18.3. The Bertz CT molecular complexity index is 858. The van der Waals surface area contributed by atoms with E-state index in [2.05, 4.69) is 15.4 Å². The fraction of sp³-hybridized carbons (Fsp3) is 0.316. The number of alkyl halides is 2. The van der Waals surface area contributed by atoms with E-state index >= 15 is 0 Å². The van der Waals surface area contributed by atoms with Gasteiger partial charge in [-0.3, -0.25) is 4.79 Å². The molecule has 2 aromatic carbocycles. The molecule has 1 spiro atoms. The van der Waals surface area contributed by atoms with Gasteiger partial charge in [0.05, 0.1) is 18.6 Å². The molecule has 0 aliphatic carbocycles. The van der Waals surface area contributed by atoms with Crippen LogP contribution in [0.15, 0.2) is 42.5 Å². The number of nitrogens with one attached hydrogen (secondary N) is 2. The third-order valence-electron chi connectivity index (χ3n) is 5.16. The number of ether oxygens (including phenoxy) is 2. The van der Waals surface area contributed by atoms with Crippen molar-refractivity contribution >= 4 is 11.6 Å². The molecule has 4 rings (SSSR count). The number of hydrogen-bond acceptors (Lipinski definition) is 4. The van der Waals surface area contributed by atoms with Crippen molar-refractivity contribution in [3.05, 3.63) is 53.6 Å². The highest BCUT2D eigenvalue weighted by atomic mass is 19.3. The van der Waals surface area contributed by atoms with Gasteiger partial charge in [0.25, 0.3) is 0 Å². The number of para-hydroxylation sites is 1. The average molecular weight is 360 g/mol. The van der Waals surface area contributed by atoms with Crippen LogP contribution >= 0.6 is 0 Å². The van der Waals surface area contributed by atoms with Gasteiger partial charge >= 0.3 is 6.61 Å². The SMILES string of the molecule is COc1cc(C2NCCC23C(=O)Nc2ccccc23)ccc1OC(F)F. The van der Waals surface area contributed by atoms with Crippen LogP contribution < -0.4 is 20.1 Å². The number of hydrogen-bond donors (Lipinski definition) is 2. The van der Waals surface area contributed by atoms with Gasteiger partial charge in [-0.25, -0.2) is 0 Å². The van der Waals surface area contributed by atoms with Gasteiger partial charge in [0.15, 0.2) is 11.5 Å². The minimum Gasteiger partial charge on any atom is -0.493 e. The summed E-state index contributed by atoms with van der Waals surface area (Å²) in [5.41, 5.74) is 1.82. The first-order chi connectivity index (χ1) is 12.6. The number of benzene rings is 2. The minimum atomic E-state index is -2.93. The molecule has 0 bridgehead atoms. The molecule has 1 fully saturated rings. The average Bonchev–Trinajstić information content (AvgIpc) is 3.19. The third kappa shape index (κ3) is 2.42. The lowest BCUT2D eigenvalue weighted by Gasteiger charge is -2.30. The maximum atomic E-state index is 12.9. The van der Waals surface area contributed by atoms with Crippen molar-refractivity contribution in [1.29, 1.82) is 0 Å². The number of carbonyl (C=O) groups excluding carboxylic acids is 1. The van der Waals surface area contributed by atoms with E-state index in [9.17, 15) is 13.6 Å². The normalized spacial score (nSPS) is 24.0. The van der Waals surface area contributed by atoms with Crippen LogP contribution in [-0.4, -0.2) is 26.2 Å². The van der Waals surface area contributed by atoms with Crippen molar-refractivity contribution in [2.45, 2.75) is 24.5 Å². The van der Waals surface area contributed by atoms with Gasteiger partial charge in [0.2, 0.25) is 5.91 Å². The molecule has 1 saturated heterocycles. The second kappa shape index (κ2) is 6.25. The lowest BCUT2D eigenvalue weighted by Crippen LogP contribution is -2.39. The highest BCUT2D eigenvalue weighted by Crippen LogP contribution is 2.51. The topological polar surface area (TPSA) is 59.6 Å². The molecule has 2 N–H and O–H groups in total. The monoisotopic (exact) mass is 360 g/mol. The summed E-state index contributed by atoms with van der Waals surface area (Å²) in [6.45, 7) is -2.26. The number of anilines is 1. The van der Waals surface area contributed by atoms with Crippen LogP contribution in [0.2, 0.25) is 0 Å². The number of rotatable bonds is 4. The van der Waals surface area contributed by atoms with E-state index in [0.717, 1.165) is 16.8 Å². The smallest absolute Gasteiger partial charge is 0.387 e. The van der Waals surface area contributed by atoms with E-state index in [-0.39, 0.29) is 23.4 Å². The Kier molecular flexibility index (Phi) is 4.03. The maximum Gasteiger partial charge on any atom is 0.387 e. The van der Waals surface area contributed by atoms with Gasteiger partial charge in [-0.2, -0.15) is 8.78 Å². The van der Waals surface area contributed by atoms with Crippen molar-refractivity contribution in [1.82, 2.24) is 5.32 Å². The maximum absolute atomic E-state index is 12.9. The zero-order valence-electron chi connectivity index (χ0n) is 14.1. The highest BCUT2D eigenvalue weighted by Gasteiger charge is 2.55. The number of amides is 1. The fourth-order valence-corrected chi connectivity index (χ4v) is 4.06. The van der Waals surface area contributed by atoms with Gasteiger partial charge in [0, 0.05) is 5.69 Å². The van der Waals surface area contributed by atoms with E-state index in [0.29, 0.717) is 13.0 Å². The summed E-state index contributed by atoms with van der Waals surface area (Å²) in [6.07, 6.45) is 0.651. The summed E-state index contributed by atoms with van der Waals surface area (Å²) >= 11 is 0. The molecule has 136 valence electrons. The zero-order valence-corrected chi connectivity index (χ0v) is 14.1. The Balaban J connectivity index is 1.77. The molecule has 2 atom stereocenters. The van der Waals surface area contributed by atoms with Crippen LogP contribution in [0.5, 0.6) is 11.5 Å². The summed E-state index contributed by atoms with van der Waals surface area (Å²) < 4.78 is 34.8. The molecule has 0 radical (unpaired) electrons. The predicted molar refractivity (Wildman–Crippen MR) is 91.7 cm³/mol. The largest absolute Gasteiger partial charge is 0.493 e. The first-order valence-corrected chi connectivity index (χ1v) is 8.33. The van der Waals surface area contributed by atoms with Gasteiger partial charge in [-0.15, -0.1) is 0 Å². The molecule has 26 heavy (non-hydrogen) atoms. The molecule has 2 aliphatic heterocycles. The van der Waals surface area contributed by atoms with Crippen molar-refractivity contribution in [3.8, 4) is 11.5 Å². The standard InChI is InChI=1S/C19H18F2N2O3/c1-25-15-10-11(6-7-14(15)26-18(20)21)16-19(8-9-22-16)12-4-2-3-5-13(12)23-17(19)24/h2-7,10,16,18,22H,8-9H2,1H3,(H,23,24). The first-order valence-electron chi connectivity index (χ1n) is 8.33. The summed E-state index contributed by atoms with van der Waals surface area (Å²) in [5, 5.41) is 6.35. The quantitative estimate of drug-likeness (QED) is 0.879. The van der Waals surface area contributed by atoms with Crippen molar-refractivity contribution in [2.24, 2.45) is 0 Å². The summed E-state index contributed by atoms with van der Waals surface area (Å²) in [5.74, 6) is 0.119. The summed E-state index contributed by atoms with van der Waals surface area (Å²) in [6, 6.07) is 12.1. The van der Waals surface area contributed by atoms with Gasteiger partial charge in [-0.1, -0.05) is 24.3 Å². The van der Waals surface area contributed by atoms with E-state index in [1.165, 1.54) is 13.2 Å². The predicted octanol–water partition coefficient (Wildman–Crippen LogP) is 3.22. The molecular weight excluding hydrogens is 342 g/mol. The third-order valence-corrected chi connectivity index (χ3v) is 5.16. The van der Waals surface area contributed by atoms with E-state index < -0.39 is 12.0 Å². The molecule has 5 nitrogen and oxygen atoms in total. The van der Waals surface area contributed by atoms with E-state index in [1.807, 2.05) is 24.3 Å². The molecule has 0 aromatic heterocycles. The van der Waals surface area contributed by atoms with Crippen molar-refractivity contribution in [2.75, 3.05) is 19.0 Å². The Morgan fingerprint density at radius 3 is 2.77 bits per heavy atom. The van der Waals surface area contributed by atoms with Crippen LogP contribution in [-0.2, 0) is 10.2 Å². The minimum absolute atomic E-state index is 0.0328. The van der Waals surface area contributed by atoms with Crippen LogP contribution in [0.4, 0.5) is 14.5 Å². The molecular formula is C19H18F2N2O3. The number of carbonyl (C=O) groups is 1. The van der Waals surface area contributed by atoms with Crippen molar-refractivity contribution < 1.29 is 23.0 Å². The molecule has 0 saturated carbocycles. The van der Waals surface area contributed by atoms with E-state index in [1.54, 1.807) is 12.1 Å². The van der Waals surface area contributed by atoms with Gasteiger partial charge in [0.1, 0.15) is 0 Å². The first kappa shape index (κ1) is 16.8. The fourth-order valence-electron chi connectivity index (χ4n) is 4.06. The Morgan fingerprint density at radius 1 is 1.19 bits per heavy atom. The second-order valence-electron chi connectivity index (χ2n) is 6.40. The molecule has 2 aromatic rings. The Morgan fingerprint density at radius 2 is 2.00 bits per heavy atom. The molecule has 1 amide bonds. The molecule has 2 aliphatic rings. The second-order valence-corrected chi connectivity index (χ2v) is 6.40. The molecule has 7 heteroatoms. The summed E-state index contributed by atoms with van der Waals surface area (Å²) in [7, 11) is 1.40. The number of fused-ring (bicyclic) bond motifs is 2. The van der Waals surface area contributed by atoms with Crippen molar-refractivity contribution in [3.63, 3.8) is 0 Å². The molecule has 2 unspecified atom stereocenters. The summed E-state index contributed by atoms with van der Waals surface area (Å²) in [4.78, 5) is 12.9. The van der Waals surface area contributed by atoms with Gasteiger partial charge < -0.3 is 20.1 Å². The van der Waals surface area contributed by atoms with Crippen LogP contribution in [0.3, 0.4) is 0 Å².